The smallest absolute Gasteiger partial charge is 0.192 e. The van der Waals surface area contributed by atoms with Crippen LogP contribution in [0, 0.1) is 16.7 Å². The third-order valence-corrected chi connectivity index (χ3v) is 14.2. The van der Waals surface area contributed by atoms with E-state index < -0.39 is 8.32 Å². The van der Waals surface area contributed by atoms with E-state index in [1.54, 1.807) is 18.3 Å². The van der Waals surface area contributed by atoms with Gasteiger partial charge < -0.3 is 14.3 Å². The topological polar surface area (TPSA) is 38.7 Å². The molecule has 164 valence electrons. The molecule has 1 aromatic carbocycles. The summed E-state index contributed by atoms with van der Waals surface area (Å²) in [7, 11) is -0.140. The number of aryl methyl sites for hydroxylation is 1. The summed E-state index contributed by atoms with van der Waals surface area (Å²) in [4.78, 5) is 0. The van der Waals surface area contributed by atoms with Crippen molar-refractivity contribution in [2.45, 2.75) is 90.5 Å². The number of rotatable bonds is 3. The van der Waals surface area contributed by atoms with Crippen molar-refractivity contribution in [3.05, 3.63) is 28.8 Å². The highest BCUT2D eigenvalue weighted by Crippen LogP contribution is 2.80. The van der Waals surface area contributed by atoms with Crippen LogP contribution in [0.3, 0.4) is 0 Å². The molecule has 0 bridgehead atoms. The van der Waals surface area contributed by atoms with Gasteiger partial charge in [-0.1, -0.05) is 33.3 Å². The molecule has 4 aliphatic carbocycles. The zero-order valence-corrected chi connectivity index (χ0v) is 20.8. The van der Waals surface area contributed by atoms with E-state index in [4.69, 9.17) is 9.16 Å². The van der Waals surface area contributed by atoms with Crippen LogP contribution >= 0.6 is 0 Å². The lowest BCUT2D eigenvalue weighted by atomic mass is 9.59. The molecule has 4 heteroatoms. The lowest BCUT2D eigenvalue weighted by molar-refractivity contribution is 0.0200. The molecule has 0 unspecified atom stereocenters. The predicted octanol–water partition coefficient (Wildman–Crippen LogP) is 6.70. The molecule has 4 atom stereocenters. The Morgan fingerprint density at radius 1 is 1.13 bits per heavy atom. The van der Waals surface area contributed by atoms with Gasteiger partial charge in [0.2, 0.25) is 0 Å². The Morgan fingerprint density at radius 2 is 1.87 bits per heavy atom. The monoisotopic (exact) mass is 426 g/mol. The number of ether oxygens (including phenoxy) is 1. The van der Waals surface area contributed by atoms with Crippen molar-refractivity contribution in [2.75, 3.05) is 7.11 Å². The maximum atomic E-state index is 10.3. The zero-order valence-electron chi connectivity index (χ0n) is 19.8. The summed E-state index contributed by atoms with van der Waals surface area (Å²) in [6.07, 6.45) is 7.51. The van der Waals surface area contributed by atoms with Crippen molar-refractivity contribution >= 4 is 13.9 Å². The molecular weight excluding hydrogens is 388 g/mol. The maximum absolute atomic E-state index is 10.3. The maximum Gasteiger partial charge on any atom is 0.192 e. The molecule has 0 amide bonds. The largest absolute Gasteiger partial charge is 0.504 e. The highest BCUT2D eigenvalue weighted by atomic mass is 28.4. The van der Waals surface area contributed by atoms with Crippen LogP contribution in [0.25, 0.3) is 5.57 Å². The summed E-state index contributed by atoms with van der Waals surface area (Å²) in [5, 5.41) is 10.5. The highest BCUT2D eigenvalue weighted by Gasteiger charge is 2.75. The molecule has 0 heterocycles. The third kappa shape index (κ3) is 2.53. The zero-order chi connectivity index (χ0) is 21.7. The second-order valence-electron chi connectivity index (χ2n) is 12.0. The molecule has 1 aromatic rings. The SMILES string of the molecule is COc1cc2c(cc1O)CCC1=C2CC[C@]2(C)[C@H](O[Si](C)(C)C(C)(C)C)C[C@@H]3C[C@@]132. The summed E-state index contributed by atoms with van der Waals surface area (Å²) in [5.74, 6) is 1.67. The Balaban J connectivity index is 1.54. The van der Waals surface area contributed by atoms with Crippen LogP contribution in [0.4, 0.5) is 0 Å². The Bertz CT molecular complexity index is 940. The van der Waals surface area contributed by atoms with Crippen molar-refractivity contribution in [1.82, 2.24) is 0 Å². The molecule has 0 aliphatic heterocycles. The molecule has 2 saturated carbocycles. The van der Waals surface area contributed by atoms with Crippen LogP contribution in [0.15, 0.2) is 17.7 Å². The minimum Gasteiger partial charge on any atom is -0.504 e. The van der Waals surface area contributed by atoms with Crippen molar-refractivity contribution in [3.63, 3.8) is 0 Å². The van der Waals surface area contributed by atoms with Gasteiger partial charge in [0.1, 0.15) is 0 Å². The van der Waals surface area contributed by atoms with Crippen LogP contribution in [-0.2, 0) is 10.8 Å². The van der Waals surface area contributed by atoms with E-state index in [9.17, 15) is 5.11 Å². The van der Waals surface area contributed by atoms with Gasteiger partial charge in [-0.05, 0) is 91.4 Å². The minimum absolute atomic E-state index is 0.255. The number of hydrogen-bond acceptors (Lipinski definition) is 3. The van der Waals surface area contributed by atoms with Crippen LogP contribution in [-0.4, -0.2) is 26.6 Å². The van der Waals surface area contributed by atoms with E-state index in [1.807, 2.05) is 6.07 Å². The fourth-order valence-corrected chi connectivity index (χ4v) is 8.35. The minimum atomic E-state index is -1.79. The van der Waals surface area contributed by atoms with E-state index in [0.717, 1.165) is 25.2 Å². The molecule has 1 spiro atoms. The second kappa shape index (κ2) is 6.16. The number of hydrogen-bond donors (Lipinski definition) is 1. The van der Waals surface area contributed by atoms with Crippen LogP contribution in [0.2, 0.25) is 18.1 Å². The van der Waals surface area contributed by atoms with Gasteiger partial charge in [0, 0.05) is 10.8 Å². The van der Waals surface area contributed by atoms with Crippen molar-refractivity contribution in [3.8, 4) is 11.5 Å². The number of phenolic OH excluding ortho intramolecular Hbond substituents is 1. The first-order chi connectivity index (χ1) is 13.9. The van der Waals surface area contributed by atoms with E-state index in [1.165, 1.54) is 30.4 Å². The van der Waals surface area contributed by atoms with E-state index in [0.29, 0.717) is 17.3 Å². The summed E-state index contributed by atoms with van der Waals surface area (Å²) >= 11 is 0. The average molecular weight is 427 g/mol. The van der Waals surface area contributed by atoms with Crippen molar-refractivity contribution in [1.29, 1.82) is 0 Å². The number of allylic oxidation sites excluding steroid dienone is 2. The molecule has 4 aliphatic rings. The lowest BCUT2D eigenvalue weighted by Crippen LogP contribution is -2.50. The third-order valence-electron chi connectivity index (χ3n) is 9.75. The average Bonchev–Trinajstić information content (AvgIpc) is 3.31. The summed E-state index contributed by atoms with van der Waals surface area (Å²) in [5.41, 5.74) is 6.53. The summed E-state index contributed by atoms with van der Waals surface area (Å²) in [6, 6.07) is 4.03. The number of benzene rings is 1. The van der Waals surface area contributed by atoms with Crippen LogP contribution in [0.1, 0.15) is 70.9 Å². The summed E-state index contributed by atoms with van der Waals surface area (Å²) in [6.45, 7) is 14.4. The van der Waals surface area contributed by atoms with E-state index >= 15 is 0 Å². The van der Waals surface area contributed by atoms with Crippen molar-refractivity contribution in [2.24, 2.45) is 16.7 Å². The van der Waals surface area contributed by atoms with Crippen LogP contribution in [0.5, 0.6) is 11.5 Å². The first kappa shape index (κ1) is 20.6. The first-order valence-corrected chi connectivity index (χ1v) is 14.7. The molecule has 2 fully saturated rings. The highest BCUT2D eigenvalue weighted by molar-refractivity contribution is 6.74. The Morgan fingerprint density at radius 3 is 2.53 bits per heavy atom. The molecule has 5 rings (SSSR count). The fraction of sp³-hybridized carbons (Fsp3) is 0.692. The van der Waals surface area contributed by atoms with E-state index in [-0.39, 0.29) is 16.2 Å². The normalized spacial score (nSPS) is 34.8. The lowest BCUT2D eigenvalue weighted by Gasteiger charge is -2.50. The molecule has 3 nitrogen and oxygen atoms in total. The van der Waals surface area contributed by atoms with Gasteiger partial charge in [0.15, 0.2) is 19.8 Å². The molecule has 0 radical (unpaired) electrons. The Hall–Kier alpha value is -1.26. The fourth-order valence-electron chi connectivity index (χ4n) is 6.93. The van der Waals surface area contributed by atoms with E-state index in [2.05, 4.69) is 46.9 Å². The number of aromatic hydroxyl groups is 1. The van der Waals surface area contributed by atoms with Gasteiger partial charge in [-0.3, -0.25) is 0 Å². The Labute approximate surface area is 183 Å². The second-order valence-corrected chi connectivity index (χ2v) is 16.8. The van der Waals surface area contributed by atoms with Gasteiger partial charge in [-0.15, -0.1) is 0 Å². The molecule has 1 N–H and O–H groups in total. The van der Waals surface area contributed by atoms with Gasteiger partial charge >= 0.3 is 0 Å². The number of methoxy groups -OCH3 is 1. The standard InChI is InChI=1S/C26H38O3Si/c1-24(2,3)30(6,7)29-23-13-17-15-26(17)20-9-8-16-12-21(27)22(28-5)14-19(16)18(20)10-11-25(23,26)4/h12,14,17,23,27H,8-11,13,15H2,1-7H3/t17-,23-,25-,26+/m1/s1. The molecular formula is C26H38O3Si. The quantitative estimate of drug-likeness (QED) is 0.546. The predicted molar refractivity (Wildman–Crippen MR) is 124 cm³/mol. The first-order valence-electron chi connectivity index (χ1n) is 11.8. The van der Waals surface area contributed by atoms with Crippen LogP contribution < -0.4 is 4.74 Å². The van der Waals surface area contributed by atoms with Gasteiger partial charge in [0.25, 0.3) is 0 Å². The molecule has 30 heavy (non-hydrogen) atoms. The van der Waals surface area contributed by atoms with Gasteiger partial charge in [0.05, 0.1) is 13.2 Å². The van der Waals surface area contributed by atoms with Gasteiger partial charge in [-0.25, -0.2) is 0 Å². The molecule has 0 aromatic heterocycles. The van der Waals surface area contributed by atoms with Crippen molar-refractivity contribution < 1.29 is 14.3 Å². The Kier molecular flexibility index (Phi) is 4.24. The molecule has 0 saturated heterocycles. The van der Waals surface area contributed by atoms with Gasteiger partial charge in [-0.2, -0.15) is 0 Å². The number of phenols is 1. The summed E-state index contributed by atoms with van der Waals surface area (Å²) < 4.78 is 12.5. The number of fused-ring (bicyclic) bond motifs is 2.